The van der Waals surface area contributed by atoms with Crippen molar-refractivity contribution >= 4 is 28.6 Å². The Bertz CT molecular complexity index is 1340. The maximum atomic E-state index is 5.84. The van der Waals surface area contributed by atoms with Gasteiger partial charge in [-0.1, -0.05) is 84.4 Å². The van der Waals surface area contributed by atoms with Gasteiger partial charge >= 0.3 is 0 Å². The Morgan fingerprint density at radius 2 is 1.65 bits per heavy atom. The molecule has 1 atom stereocenters. The molecule has 4 aromatic rings. The van der Waals surface area contributed by atoms with Crippen molar-refractivity contribution in [3.8, 4) is 11.4 Å². The zero-order valence-corrected chi connectivity index (χ0v) is 20.3. The highest BCUT2D eigenvalue weighted by molar-refractivity contribution is 7.80. The Morgan fingerprint density at radius 3 is 2.32 bits per heavy atom. The fourth-order valence-electron chi connectivity index (χ4n) is 4.26. The first-order valence-corrected chi connectivity index (χ1v) is 11.8. The number of benzene rings is 3. The summed E-state index contributed by atoms with van der Waals surface area (Å²) in [7, 11) is 0. The molecule has 6 heteroatoms. The molecule has 5 rings (SSSR count). The van der Waals surface area contributed by atoms with Gasteiger partial charge in [0.25, 0.3) is 5.89 Å². The van der Waals surface area contributed by atoms with E-state index in [-0.39, 0.29) is 6.04 Å². The fourth-order valence-corrected chi connectivity index (χ4v) is 4.62. The van der Waals surface area contributed by atoms with E-state index in [0.717, 1.165) is 34.5 Å². The molecule has 0 saturated heterocycles. The summed E-state index contributed by atoms with van der Waals surface area (Å²) in [6.45, 7) is 6.29. The summed E-state index contributed by atoms with van der Waals surface area (Å²) < 4.78 is 5.84. The number of thiocarbonyl (C=S) groups is 1. The molecule has 1 aromatic heterocycles. The molecule has 0 fully saturated rings. The summed E-state index contributed by atoms with van der Waals surface area (Å²) in [5.41, 5.74) is 7.34. The highest BCUT2D eigenvalue weighted by Gasteiger charge is 2.34. The molecule has 3 aromatic carbocycles. The number of aryl methyl sites for hydroxylation is 2. The lowest BCUT2D eigenvalue weighted by atomic mass is 9.93. The van der Waals surface area contributed by atoms with Gasteiger partial charge in [-0.2, -0.15) is 4.98 Å². The summed E-state index contributed by atoms with van der Waals surface area (Å²) in [5, 5.41) is 8.45. The predicted octanol–water partition coefficient (Wildman–Crippen LogP) is 6.47. The van der Waals surface area contributed by atoms with Crippen LogP contribution in [0.5, 0.6) is 0 Å². The maximum absolute atomic E-state index is 5.84. The monoisotopic (exact) mass is 466 g/mol. The van der Waals surface area contributed by atoms with E-state index < -0.39 is 0 Å². The van der Waals surface area contributed by atoms with Crippen LogP contribution < -0.4 is 10.2 Å². The smallest absolute Gasteiger partial charge is 0.258 e. The minimum atomic E-state index is -0.204. The molecular weight excluding hydrogens is 440 g/mol. The van der Waals surface area contributed by atoms with E-state index in [1.165, 1.54) is 11.1 Å². The normalized spacial score (nSPS) is 16.0. The molecule has 2 heterocycles. The molecular formula is C28H26N4OS. The molecule has 1 unspecified atom stereocenters. The molecule has 1 N–H and O–H groups in total. The van der Waals surface area contributed by atoms with Gasteiger partial charge in [-0.25, -0.2) is 0 Å². The second-order valence-electron chi connectivity index (χ2n) is 8.44. The third kappa shape index (κ3) is 4.13. The van der Waals surface area contributed by atoms with E-state index in [1.807, 2.05) is 35.2 Å². The van der Waals surface area contributed by atoms with Crippen LogP contribution in [0.25, 0.3) is 17.0 Å². The summed E-state index contributed by atoms with van der Waals surface area (Å²) in [6.07, 6.45) is 0.990. The zero-order valence-electron chi connectivity index (χ0n) is 19.4. The van der Waals surface area contributed by atoms with E-state index in [4.69, 9.17) is 21.7 Å². The second kappa shape index (κ2) is 9.23. The Balaban J connectivity index is 1.64. The number of nitrogens with zero attached hydrogens (tertiary/aromatic N) is 3. The zero-order chi connectivity index (χ0) is 23.7. The average Bonchev–Trinajstić information content (AvgIpc) is 3.35. The molecule has 0 bridgehead atoms. The number of allylic oxidation sites excluding steroid dienone is 1. The van der Waals surface area contributed by atoms with Gasteiger partial charge in [0, 0.05) is 16.9 Å². The van der Waals surface area contributed by atoms with Gasteiger partial charge < -0.3 is 9.84 Å². The molecule has 1 aliphatic heterocycles. The van der Waals surface area contributed by atoms with Gasteiger partial charge in [0.1, 0.15) is 0 Å². The van der Waals surface area contributed by atoms with Crippen molar-refractivity contribution in [1.82, 2.24) is 15.5 Å². The van der Waals surface area contributed by atoms with E-state index in [0.29, 0.717) is 16.8 Å². The number of aromatic nitrogens is 2. The van der Waals surface area contributed by atoms with E-state index in [2.05, 4.69) is 79.8 Å². The third-order valence-corrected chi connectivity index (χ3v) is 6.49. The Morgan fingerprint density at radius 1 is 0.941 bits per heavy atom. The van der Waals surface area contributed by atoms with Crippen molar-refractivity contribution in [2.75, 3.05) is 4.90 Å². The molecule has 0 saturated carbocycles. The Labute approximate surface area is 205 Å². The van der Waals surface area contributed by atoms with Crippen molar-refractivity contribution in [3.63, 3.8) is 0 Å². The minimum Gasteiger partial charge on any atom is -0.351 e. The molecule has 170 valence electrons. The van der Waals surface area contributed by atoms with E-state index in [1.54, 1.807) is 0 Å². The molecule has 1 aliphatic rings. The quantitative estimate of drug-likeness (QED) is 0.340. The predicted molar refractivity (Wildman–Crippen MR) is 140 cm³/mol. The lowest BCUT2D eigenvalue weighted by Crippen LogP contribution is -2.46. The highest BCUT2D eigenvalue weighted by Crippen LogP contribution is 2.39. The van der Waals surface area contributed by atoms with E-state index >= 15 is 0 Å². The molecule has 0 amide bonds. The van der Waals surface area contributed by atoms with Gasteiger partial charge in [0.05, 0.1) is 11.6 Å². The number of rotatable bonds is 5. The lowest BCUT2D eigenvalue weighted by Gasteiger charge is -2.37. The van der Waals surface area contributed by atoms with Crippen LogP contribution in [0, 0.1) is 6.92 Å². The lowest BCUT2D eigenvalue weighted by molar-refractivity contribution is 0.404. The van der Waals surface area contributed by atoms with Crippen LogP contribution in [0.3, 0.4) is 0 Å². The van der Waals surface area contributed by atoms with Crippen LogP contribution in [0.2, 0.25) is 0 Å². The van der Waals surface area contributed by atoms with Gasteiger partial charge in [0.15, 0.2) is 5.11 Å². The second-order valence-corrected chi connectivity index (χ2v) is 8.82. The third-order valence-electron chi connectivity index (χ3n) is 6.19. The highest BCUT2D eigenvalue weighted by atomic mass is 32.1. The largest absolute Gasteiger partial charge is 0.351 e. The molecule has 34 heavy (non-hydrogen) atoms. The molecule has 0 radical (unpaired) electrons. The minimum absolute atomic E-state index is 0.204. The van der Waals surface area contributed by atoms with Crippen LogP contribution in [-0.4, -0.2) is 15.3 Å². The summed E-state index contributed by atoms with van der Waals surface area (Å²) >= 11 is 5.84. The van der Waals surface area contributed by atoms with Gasteiger partial charge in [-0.05, 0) is 55.7 Å². The Kier molecular flexibility index (Phi) is 5.99. The standard InChI is InChI=1S/C28H26N4OS/c1-4-20-12-14-21(15-13-20)25-24(27-30-26(31-33-27)22-8-6-5-7-9-22)19(3)32(28(34)29-25)23-16-10-18(2)11-17-23/h5-17,25H,4H2,1-3H3,(H,29,34). The summed E-state index contributed by atoms with van der Waals surface area (Å²) in [6, 6.07) is 26.6. The van der Waals surface area contributed by atoms with Crippen LogP contribution in [0.4, 0.5) is 5.69 Å². The van der Waals surface area contributed by atoms with Crippen LogP contribution in [0.1, 0.15) is 42.5 Å². The van der Waals surface area contributed by atoms with Gasteiger partial charge in [0.2, 0.25) is 5.82 Å². The van der Waals surface area contributed by atoms with Crippen LogP contribution >= 0.6 is 12.2 Å². The number of hydrogen-bond donors (Lipinski definition) is 1. The van der Waals surface area contributed by atoms with Crippen molar-refractivity contribution in [3.05, 3.63) is 107 Å². The van der Waals surface area contributed by atoms with Crippen molar-refractivity contribution in [2.45, 2.75) is 33.2 Å². The van der Waals surface area contributed by atoms with Gasteiger partial charge in [-0.15, -0.1) is 0 Å². The first-order valence-electron chi connectivity index (χ1n) is 11.4. The topological polar surface area (TPSA) is 54.2 Å². The molecule has 0 aliphatic carbocycles. The number of anilines is 1. The number of nitrogens with one attached hydrogen (secondary N) is 1. The van der Waals surface area contributed by atoms with E-state index in [9.17, 15) is 0 Å². The first kappa shape index (κ1) is 22.0. The maximum Gasteiger partial charge on any atom is 0.258 e. The van der Waals surface area contributed by atoms with Crippen molar-refractivity contribution < 1.29 is 4.52 Å². The Hall–Kier alpha value is -3.77. The summed E-state index contributed by atoms with van der Waals surface area (Å²) in [5.74, 6) is 1.04. The van der Waals surface area contributed by atoms with Crippen LogP contribution in [0.15, 0.2) is 89.1 Å². The SMILES string of the molecule is CCc1ccc(C2NC(=S)N(c3ccc(C)cc3)C(C)=C2c2nc(-c3ccccc3)no2)cc1. The fraction of sp³-hybridized carbons (Fsp3) is 0.179. The van der Waals surface area contributed by atoms with Crippen LogP contribution in [-0.2, 0) is 6.42 Å². The number of hydrogen-bond acceptors (Lipinski definition) is 4. The molecule has 0 spiro atoms. The van der Waals surface area contributed by atoms with Gasteiger partial charge in [-0.3, -0.25) is 4.90 Å². The molecule has 5 nitrogen and oxygen atoms in total. The average molecular weight is 467 g/mol. The van der Waals surface area contributed by atoms with Crippen molar-refractivity contribution in [1.29, 1.82) is 0 Å². The first-order chi connectivity index (χ1) is 16.5. The van der Waals surface area contributed by atoms with Crippen molar-refractivity contribution in [2.24, 2.45) is 0 Å². The summed E-state index contributed by atoms with van der Waals surface area (Å²) in [4.78, 5) is 6.82.